The van der Waals surface area contributed by atoms with E-state index in [0.717, 1.165) is 0 Å². The molecule has 0 aromatic carbocycles. The molecule has 0 aliphatic carbocycles. The Labute approximate surface area is 89.8 Å². The molecule has 0 aliphatic rings. The maximum Gasteiger partial charge on any atom is 1.00 e. The van der Waals surface area contributed by atoms with Crippen molar-refractivity contribution in [2.45, 2.75) is 0 Å². The molecule has 0 radical (unpaired) electrons. The van der Waals surface area contributed by atoms with Gasteiger partial charge in [-0.3, -0.25) is 9.13 Å². The predicted molar refractivity (Wildman–Crippen MR) is 30.1 cm³/mol. The smallest absolute Gasteiger partial charge is 0.756 e. The minimum Gasteiger partial charge on any atom is -0.756 e. The van der Waals surface area contributed by atoms with Crippen molar-refractivity contribution in [3.05, 3.63) is 0 Å². The molecule has 12 heteroatoms. The van der Waals surface area contributed by atoms with Crippen LogP contribution in [0.4, 0.5) is 0 Å². The van der Waals surface area contributed by atoms with Gasteiger partial charge in [0.05, 0.1) is 0 Å². The maximum absolute atomic E-state index is 8.77. The van der Waals surface area contributed by atoms with Crippen molar-refractivity contribution in [2.75, 3.05) is 0 Å². The van der Waals surface area contributed by atoms with Crippen LogP contribution in [0.5, 0.6) is 0 Å². The molecule has 0 saturated carbocycles. The topological polar surface area (TPSA) is 198 Å². The van der Waals surface area contributed by atoms with Crippen LogP contribution >= 0.6 is 15.6 Å². The van der Waals surface area contributed by atoms with Gasteiger partial charge in [-0.1, -0.05) is 0 Å². The van der Waals surface area contributed by atoms with E-state index in [9.17, 15) is 0 Å². The first kappa shape index (κ1) is 23.2. The van der Waals surface area contributed by atoms with Gasteiger partial charge in [-0.25, -0.2) is 0 Å². The van der Waals surface area contributed by atoms with Gasteiger partial charge in [-0.2, -0.15) is 0 Å². The molecule has 8 N–H and O–H groups in total. The van der Waals surface area contributed by atoms with Crippen LogP contribution in [0, 0.1) is 0 Å². The molecule has 0 heterocycles. The third-order valence-corrected chi connectivity index (χ3v) is 0. The first-order chi connectivity index (χ1) is 4.00. The molecular weight excluding hydrogens is 227 g/mol. The Kier molecular flexibility index (Phi) is 16.9. The summed E-state index contributed by atoms with van der Waals surface area (Å²) in [7, 11) is -9.78. The number of phosphoric acid groups is 2. The third kappa shape index (κ3) is 832. The van der Waals surface area contributed by atoms with Crippen molar-refractivity contribution in [1.82, 2.24) is 6.15 Å². The predicted octanol–water partition coefficient (Wildman–Crippen LogP) is -5.74. The van der Waals surface area contributed by atoms with Crippen LogP contribution in [0.2, 0.25) is 0 Å². The third-order valence-electron chi connectivity index (χ3n) is 0. The molecule has 0 rings (SSSR count). The van der Waals surface area contributed by atoms with Crippen molar-refractivity contribution < 1.29 is 68.0 Å². The summed E-state index contributed by atoms with van der Waals surface area (Å²) in [5.74, 6) is 0. The van der Waals surface area contributed by atoms with Gasteiger partial charge in [0.1, 0.15) is 0 Å². The first-order valence-corrected chi connectivity index (χ1v) is 4.59. The summed E-state index contributed by atoms with van der Waals surface area (Å²) in [6.45, 7) is 0. The summed E-state index contributed by atoms with van der Waals surface area (Å²) in [6.07, 6.45) is 0. The Balaban J connectivity index is -0.0000000457. The van der Waals surface area contributed by atoms with Gasteiger partial charge in [0.15, 0.2) is 0 Å². The minimum absolute atomic E-state index is 0. The van der Waals surface area contributed by atoms with Gasteiger partial charge in [-0.15, -0.1) is 0 Å². The normalized spacial score (nSPS) is 9.83. The zero-order valence-corrected chi connectivity index (χ0v) is 10.1. The Morgan fingerprint density at radius 2 is 0.833 bits per heavy atom. The molecular formula is H8NNaO8P2. The Morgan fingerprint density at radius 1 is 0.833 bits per heavy atom. The Bertz CT molecular complexity index is 129. The number of quaternary nitrogens is 1. The molecule has 0 atom stereocenters. The second kappa shape index (κ2) is 8.76. The Hall–Kier alpha value is 1.18. The fourth-order valence-electron chi connectivity index (χ4n) is 0. The van der Waals surface area contributed by atoms with Gasteiger partial charge in [0.25, 0.3) is 15.6 Å². The van der Waals surface area contributed by atoms with Crippen LogP contribution in [0.15, 0.2) is 0 Å². The molecule has 0 spiro atoms. The zero-order valence-electron chi connectivity index (χ0n) is 6.32. The van der Waals surface area contributed by atoms with Crippen LogP contribution in [-0.4, -0.2) is 19.6 Å². The fraction of sp³-hybridized carbons (Fsp3) is 0. The molecule has 0 unspecified atom stereocenters. The number of hydrogen-bond donors (Lipinski definition) is 5. The van der Waals surface area contributed by atoms with Crippen molar-refractivity contribution in [3.63, 3.8) is 0 Å². The van der Waals surface area contributed by atoms with E-state index in [1.807, 2.05) is 0 Å². The van der Waals surface area contributed by atoms with E-state index < -0.39 is 15.6 Å². The molecule has 0 bridgehead atoms. The SMILES string of the molecule is O=P([O-])(O)O.O=P([O-])(O)O.[NH4+].[Na+]. The monoisotopic (exact) mass is 235 g/mol. The maximum atomic E-state index is 8.77. The van der Waals surface area contributed by atoms with Crippen molar-refractivity contribution in [1.29, 1.82) is 0 Å². The molecule has 12 heavy (non-hydrogen) atoms. The average molecular weight is 235 g/mol. The summed E-state index contributed by atoms with van der Waals surface area (Å²) < 4.78 is 17.5. The largest absolute Gasteiger partial charge is 1.00 e. The van der Waals surface area contributed by atoms with Gasteiger partial charge in [0.2, 0.25) is 0 Å². The van der Waals surface area contributed by atoms with Crippen molar-refractivity contribution in [3.8, 4) is 0 Å². The van der Waals surface area contributed by atoms with Crippen LogP contribution in [-0.2, 0) is 9.13 Å². The number of rotatable bonds is 0. The molecule has 0 fully saturated rings. The summed E-state index contributed by atoms with van der Waals surface area (Å²) in [4.78, 5) is 45.8. The van der Waals surface area contributed by atoms with E-state index in [2.05, 4.69) is 0 Å². The Morgan fingerprint density at radius 3 is 0.833 bits per heavy atom. The van der Waals surface area contributed by atoms with Crippen LogP contribution in [0.3, 0.4) is 0 Å². The summed E-state index contributed by atoms with van der Waals surface area (Å²) in [5, 5.41) is 0. The summed E-state index contributed by atoms with van der Waals surface area (Å²) in [6, 6.07) is 0. The van der Waals surface area contributed by atoms with Crippen molar-refractivity contribution in [2.24, 2.45) is 0 Å². The van der Waals surface area contributed by atoms with Gasteiger partial charge >= 0.3 is 29.6 Å². The molecule has 0 aromatic heterocycles. The molecule has 0 saturated heterocycles. The second-order valence-electron chi connectivity index (χ2n) is 0.981. The molecule has 0 aliphatic heterocycles. The minimum atomic E-state index is -4.89. The van der Waals surface area contributed by atoms with Gasteiger partial charge in [-0.05, 0) is 0 Å². The van der Waals surface area contributed by atoms with Crippen LogP contribution < -0.4 is 45.5 Å². The first-order valence-electron chi connectivity index (χ1n) is 1.53. The van der Waals surface area contributed by atoms with E-state index in [4.69, 9.17) is 38.5 Å². The van der Waals surface area contributed by atoms with Crippen LogP contribution in [0.25, 0.3) is 0 Å². The number of hydrogen-bond acceptors (Lipinski definition) is 4. The van der Waals surface area contributed by atoms with E-state index in [0.29, 0.717) is 0 Å². The standard InChI is InChI=1S/H3N.Na.2H3O4P/c;;2*1-5(2,3)4/h1H3;;2*(H3,1,2,3,4)/q;+1;;/p-1. The quantitative estimate of drug-likeness (QED) is 0.202. The zero-order chi connectivity index (χ0) is 9.00. The molecule has 0 aromatic rings. The van der Waals surface area contributed by atoms with E-state index in [1.54, 1.807) is 0 Å². The van der Waals surface area contributed by atoms with Crippen molar-refractivity contribution >= 4 is 15.6 Å². The fourth-order valence-corrected chi connectivity index (χ4v) is 0. The second-order valence-corrected chi connectivity index (χ2v) is 2.94. The van der Waals surface area contributed by atoms with Gasteiger partial charge in [0, 0.05) is 0 Å². The van der Waals surface area contributed by atoms with E-state index in [1.165, 1.54) is 0 Å². The average Bonchev–Trinajstić information content (AvgIpc) is 1.12. The van der Waals surface area contributed by atoms with E-state index in [-0.39, 0.29) is 35.7 Å². The van der Waals surface area contributed by atoms with Crippen LogP contribution in [0.1, 0.15) is 0 Å². The summed E-state index contributed by atoms with van der Waals surface area (Å²) in [5.41, 5.74) is 0. The molecule has 0 amide bonds. The van der Waals surface area contributed by atoms with E-state index >= 15 is 0 Å². The summed E-state index contributed by atoms with van der Waals surface area (Å²) >= 11 is 0. The molecule has 72 valence electrons. The van der Waals surface area contributed by atoms with Gasteiger partial charge < -0.3 is 35.5 Å². The molecule has 9 nitrogen and oxygen atoms in total.